The monoisotopic (exact) mass is 268 g/mol. The van der Waals surface area contributed by atoms with Gasteiger partial charge in [0.05, 0.1) is 6.61 Å². The van der Waals surface area contributed by atoms with Crippen LogP contribution in [0.2, 0.25) is 0 Å². The zero-order chi connectivity index (χ0) is 14.2. The maximum Gasteiger partial charge on any atom is 0.359 e. The van der Waals surface area contributed by atoms with E-state index in [-0.39, 0.29) is 18.0 Å². The molecule has 1 aliphatic heterocycles. The number of aromatic nitrogens is 2. The molecule has 0 saturated carbocycles. The molecule has 3 N–H and O–H groups in total. The van der Waals surface area contributed by atoms with Crippen LogP contribution in [-0.2, 0) is 4.74 Å². The van der Waals surface area contributed by atoms with Crippen molar-refractivity contribution in [3.8, 4) is 0 Å². The lowest BCUT2D eigenvalue weighted by Gasteiger charge is -2.43. The van der Waals surface area contributed by atoms with Gasteiger partial charge in [0, 0.05) is 7.05 Å². The topological polar surface area (TPSA) is 108 Å². The van der Waals surface area contributed by atoms with Crippen LogP contribution >= 0.6 is 0 Å². The number of nitrogens with one attached hydrogen (secondary N) is 1. The van der Waals surface area contributed by atoms with Crippen LogP contribution in [0.25, 0.3) is 0 Å². The first-order valence-electron chi connectivity index (χ1n) is 5.82. The molecule has 8 heteroatoms. The predicted octanol–water partition coefficient (Wildman–Crippen LogP) is -0.458. The highest BCUT2D eigenvalue weighted by Gasteiger charge is 2.42. The van der Waals surface area contributed by atoms with Gasteiger partial charge in [-0.3, -0.25) is 0 Å². The molecule has 0 spiro atoms. The minimum Gasteiger partial charge on any atom is -0.461 e. The van der Waals surface area contributed by atoms with Gasteiger partial charge in [-0.15, -0.1) is 0 Å². The molecule has 2 rings (SSSR count). The number of rotatable bonds is 2. The van der Waals surface area contributed by atoms with E-state index in [0.717, 1.165) is 0 Å². The summed E-state index contributed by atoms with van der Waals surface area (Å²) >= 11 is 0. The molecular weight excluding hydrogens is 252 g/mol. The minimum atomic E-state index is -1.55. The van der Waals surface area contributed by atoms with E-state index in [4.69, 9.17) is 4.74 Å². The van der Waals surface area contributed by atoms with Gasteiger partial charge >= 0.3 is 5.97 Å². The van der Waals surface area contributed by atoms with Crippen molar-refractivity contribution >= 4 is 17.5 Å². The number of fused-ring (bicyclic) bond motifs is 1. The van der Waals surface area contributed by atoms with E-state index in [1.54, 1.807) is 14.0 Å². The molecule has 0 amide bonds. The maximum absolute atomic E-state index is 11.8. The summed E-state index contributed by atoms with van der Waals surface area (Å²) in [6.45, 7) is 3.33. The Kier molecular flexibility index (Phi) is 3.29. The fourth-order valence-corrected chi connectivity index (χ4v) is 1.79. The molecule has 104 valence electrons. The number of esters is 1. The molecule has 2 unspecified atom stereocenters. The molecule has 0 aromatic carbocycles. The summed E-state index contributed by atoms with van der Waals surface area (Å²) in [5.74, 6) is -0.302. The quantitative estimate of drug-likeness (QED) is 0.618. The fourth-order valence-electron chi connectivity index (χ4n) is 1.79. The van der Waals surface area contributed by atoms with Crippen LogP contribution < -0.4 is 10.2 Å². The van der Waals surface area contributed by atoms with Crippen molar-refractivity contribution in [2.24, 2.45) is 0 Å². The average molecular weight is 268 g/mol. The first kappa shape index (κ1) is 13.5. The molecule has 0 fully saturated rings. The largest absolute Gasteiger partial charge is 0.461 e. The molecule has 2 heterocycles. The number of nitrogens with zero attached hydrogens (tertiary/aromatic N) is 3. The second-order valence-corrected chi connectivity index (χ2v) is 4.34. The second-order valence-electron chi connectivity index (χ2n) is 4.34. The third kappa shape index (κ3) is 2.08. The number of ether oxygens (including phenoxy) is 1. The Labute approximate surface area is 110 Å². The van der Waals surface area contributed by atoms with Gasteiger partial charge in [-0.05, 0) is 13.8 Å². The smallest absolute Gasteiger partial charge is 0.359 e. The molecule has 19 heavy (non-hydrogen) atoms. The molecule has 0 radical (unpaired) electrons. The number of likely N-dealkylation sites (N-methyl/N-ethyl adjacent to an activating group) is 1. The van der Waals surface area contributed by atoms with E-state index in [9.17, 15) is 15.0 Å². The Balaban J connectivity index is 2.49. The van der Waals surface area contributed by atoms with Gasteiger partial charge in [-0.1, -0.05) is 0 Å². The molecule has 1 aromatic rings. The molecule has 8 nitrogen and oxygen atoms in total. The highest BCUT2D eigenvalue weighted by Crippen LogP contribution is 2.36. The Hall–Kier alpha value is -1.93. The summed E-state index contributed by atoms with van der Waals surface area (Å²) < 4.78 is 4.88. The number of aliphatic hydroxyl groups is 2. The number of carbonyl (C=O) groups is 1. The Morgan fingerprint density at radius 2 is 2.32 bits per heavy atom. The third-order valence-electron chi connectivity index (χ3n) is 3.09. The zero-order valence-corrected chi connectivity index (χ0v) is 10.9. The van der Waals surface area contributed by atoms with Crippen molar-refractivity contribution in [2.45, 2.75) is 25.8 Å². The van der Waals surface area contributed by atoms with Crippen molar-refractivity contribution < 1.29 is 19.7 Å². The Morgan fingerprint density at radius 3 is 2.95 bits per heavy atom. The fraction of sp³-hybridized carbons (Fsp3) is 0.545. The first-order valence-corrected chi connectivity index (χ1v) is 5.82. The lowest BCUT2D eigenvalue weighted by molar-refractivity contribution is -0.0494. The summed E-state index contributed by atoms with van der Waals surface area (Å²) in [7, 11) is 1.56. The summed E-state index contributed by atoms with van der Waals surface area (Å²) in [5, 5.41) is 22.6. The highest BCUT2D eigenvalue weighted by molar-refractivity contribution is 5.97. The molecule has 1 aliphatic rings. The van der Waals surface area contributed by atoms with E-state index in [1.807, 2.05) is 0 Å². The number of anilines is 2. The van der Waals surface area contributed by atoms with Crippen molar-refractivity contribution in [3.05, 3.63) is 12.0 Å². The molecule has 0 aliphatic carbocycles. The van der Waals surface area contributed by atoms with Gasteiger partial charge in [-0.2, -0.15) is 0 Å². The van der Waals surface area contributed by atoms with E-state index < -0.39 is 17.9 Å². The van der Waals surface area contributed by atoms with Gasteiger partial charge in [-0.25, -0.2) is 14.8 Å². The average Bonchev–Trinajstić information content (AvgIpc) is 2.36. The van der Waals surface area contributed by atoms with Crippen LogP contribution in [0.3, 0.4) is 0 Å². The van der Waals surface area contributed by atoms with Crippen LogP contribution in [0.4, 0.5) is 11.5 Å². The van der Waals surface area contributed by atoms with E-state index in [2.05, 4.69) is 15.3 Å². The van der Waals surface area contributed by atoms with Crippen molar-refractivity contribution in [1.29, 1.82) is 0 Å². The van der Waals surface area contributed by atoms with Crippen LogP contribution in [-0.4, -0.2) is 51.8 Å². The molecule has 2 atom stereocenters. The Bertz CT molecular complexity index is 505. The van der Waals surface area contributed by atoms with Crippen LogP contribution in [0.5, 0.6) is 0 Å². The molecule has 0 bridgehead atoms. The number of hydrogen-bond donors (Lipinski definition) is 3. The van der Waals surface area contributed by atoms with Crippen molar-refractivity contribution in [3.63, 3.8) is 0 Å². The standard InChI is InChI=1S/C11H16N4O4/c1-4-19-9(16)7-6-8(13-5-12-7)15(3)11(2,18)10(17)14-6/h5,10,14,17-18H,4H2,1-3H3. The minimum absolute atomic E-state index is 0.0215. The summed E-state index contributed by atoms with van der Waals surface area (Å²) in [6.07, 6.45) is -0.0824. The van der Waals surface area contributed by atoms with Crippen LogP contribution in [0, 0.1) is 0 Å². The molecular formula is C11H16N4O4. The lowest BCUT2D eigenvalue weighted by atomic mass is 10.1. The maximum atomic E-state index is 11.8. The zero-order valence-electron chi connectivity index (χ0n) is 10.9. The van der Waals surface area contributed by atoms with Gasteiger partial charge in [0.25, 0.3) is 0 Å². The number of carbonyl (C=O) groups excluding carboxylic acids is 1. The molecule has 1 aromatic heterocycles. The van der Waals surface area contributed by atoms with E-state index in [1.165, 1.54) is 18.2 Å². The first-order chi connectivity index (χ1) is 8.89. The highest BCUT2D eigenvalue weighted by atomic mass is 16.5. The van der Waals surface area contributed by atoms with Crippen LogP contribution in [0.15, 0.2) is 6.33 Å². The molecule has 0 saturated heterocycles. The second kappa shape index (κ2) is 4.63. The van der Waals surface area contributed by atoms with Gasteiger partial charge in [0.2, 0.25) is 0 Å². The van der Waals surface area contributed by atoms with E-state index in [0.29, 0.717) is 5.82 Å². The summed E-state index contributed by atoms with van der Waals surface area (Å²) in [6, 6.07) is 0. The number of hydrogen-bond acceptors (Lipinski definition) is 8. The van der Waals surface area contributed by atoms with E-state index >= 15 is 0 Å². The summed E-state index contributed by atoms with van der Waals surface area (Å²) in [5.41, 5.74) is -1.29. The lowest BCUT2D eigenvalue weighted by Crippen LogP contribution is -2.59. The van der Waals surface area contributed by atoms with Gasteiger partial charge in [0.1, 0.15) is 12.0 Å². The van der Waals surface area contributed by atoms with Crippen LogP contribution in [0.1, 0.15) is 24.3 Å². The van der Waals surface area contributed by atoms with Crippen molar-refractivity contribution in [2.75, 3.05) is 23.9 Å². The van der Waals surface area contributed by atoms with Gasteiger partial charge < -0.3 is 25.2 Å². The van der Waals surface area contributed by atoms with Gasteiger partial charge in [0.15, 0.2) is 23.5 Å². The predicted molar refractivity (Wildman–Crippen MR) is 66.6 cm³/mol. The Morgan fingerprint density at radius 1 is 1.63 bits per heavy atom. The normalized spacial score (nSPS) is 25.5. The SMILES string of the molecule is CCOC(=O)c1ncnc2c1NC(O)C(C)(O)N2C. The number of aliphatic hydroxyl groups excluding tert-OH is 1. The third-order valence-corrected chi connectivity index (χ3v) is 3.09. The summed E-state index contributed by atoms with van der Waals surface area (Å²) in [4.78, 5) is 21.0. The van der Waals surface area contributed by atoms with Crippen molar-refractivity contribution in [1.82, 2.24) is 9.97 Å².